The van der Waals surface area contributed by atoms with Gasteiger partial charge in [-0.05, 0) is 12.3 Å². The van der Waals surface area contributed by atoms with Crippen LogP contribution in [0, 0.1) is 0 Å². The molecule has 4 nitrogen and oxygen atoms in total. The largest absolute Gasteiger partial charge is 0.494 e. The zero-order chi connectivity index (χ0) is 9.16. The van der Waals surface area contributed by atoms with E-state index in [-0.39, 0.29) is 29.4 Å². The molecule has 2 aliphatic carbocycles. The lowest BCUT2D eigenvalue weighted by molar-refractivity contribution is -0.118. The monoisotopic (exact) mass is 179 g/mol. The third kappa shape index (κ3) is 0.646. The topological polar surface area (TPSA) is 73.3 Å². The molecular formula is C9H9NO3. The minimum atomic E-state index is -0.169. The number of fused-ring (bicyclic) bond motifs is 5. The molecule has 0 radical (unpaired) electrons. The Morgan fingerprint density at radius 1 is 1.23 bits per heavy atom. The summed E-state index contributed by atoms with van der Waals surface area (Å²) in [5.41, 5.74) is 1.40. The zero-order valence-corrected chi connectivity index (χ0v) is 6.87. The van der Waals surface area contributed by atoms with Gasteiger partial charge in [0.15, 0.2) is 11.8 Å². The van der Waals surface area contributed by atoms with E-state index < -0.39 is 0 Å². The fourth-order valence-corrected chi connectivity index (χ4v) is 2.65. The second-order valence-electron chi connectivity index (χ2n) is 3.81. The predicted octanol–water partition coefficient (Wildman–Crippen LogP) is 0.970. The number of carbonyl (C=O) groups excluding carboxylic acids is 1. The molecular weight excluding hydrogens is 170 g/mol. The van der Waals surface area contributed by atoms with E-state index in [1.54, 1.807) is 0 Å². The molecule has 2 unspecified atom stereocenters. The highest BCUT2D eigenvalue weighted by Gasteiger charge is 2.47. The number of hydrogen-bond donors (Lipinski definition) is 3. The highest BCUT2D eigenvalue weighted by molar-refractivity contribution is 5.93. The van der Waals surface area contributed by atoms with Crippen LogP contribution < -0.4 is 0 Å². The number of carbonyl (C=O) groups is 1. The smallest absolute Gasteiger partial charge is 0.195 e. The maximum atomic E-state index is 11.4. The van der Waals surface area contributed by atoms with Gasteiger partial charge in [-0.15, -0.1) is 0 Å². The summed E-state index contributed by atoms with van der Waals surface area (Å²) in [6, 6.07) is 0. The van der Waals surface area contributed by atoms with Gasteiger partial charge in [0, 0.05) is 23.5 Å². The number of rotatable bonds is 0. The van der Waals surface area contributed by atoms with Gasteiger partial charge in [-0.3, -0.25) is 9.78 Å². The van der Waals surface area contributed by atoms with E-state index in [0.29, 0.717) is 12.0 Å². The van der Waals surface area contributed by atoms with Crippen LogP contribution in [0.4, 0.5) is 0 Å². The summed E-state index contributed by atoms with van der Waals surface area (Å²) in [5, 5.41) is 18.9. The molecule has 2 aliphatic rings. The minimum absolute atomic E-state index is 0.0342. The Kier molecular flexibility index (Phi) is 1.02. The Hall–Kier alpha value is -1.45. The first-order chi connectivity index (χ1) is 6.18. The lowest BCUT2D eigenvalue weighted by atomic mass is 9.94. The van der Waals surface area contributed by atoms with E-state index in [0.717, 1.165) is 12.0 Å². The molecule has 2 atom stereocenters. The van der Waals surface area contributed by atoms with Gasteiger partial charge in [-0.1, -0.05) is 0 Å². The number of hydrogen-bond acceptors (Lipinski definition) is 3. The van der Waals surface area contributed by atoms with Gasteiger partial charge in [0.1, 0.15) is 5.78 Å². The second kappa shape index (κ2) is 1.89. The van der Waals surface area contributed by atoms with Crippen LogP contribution in [-0.4, -0.2) is 21.0 Å². The molecule has 1 saturated carbocycles. The third-order valence-electron chi connectivity index (χ3n) is 3.15. The number of aromatic amines is 1. The normalized spacial score (nSPS) is 29.7. The molecule has 13 heavy (non-hydrogen) atoms. The molecule has 1 aromatic rings. The number of nitrogens with one attached hydrogen (secondary N) is 1. The van der Waals surface area contributed by atoms with E-state index >= 15 is 0 Å². The van der Waals surface area contributed by atoms with Crippen LogP contribution in [0.5, 0.6) is 11.8 Å². The molecule has 0 aromatic carbocycles. The molecule has 4 heteroatoms. The minimum Gasteiger partial charge on any atom is -0.494 e. The van der Waals surface area contributed by atoms with Crippen LogP contribution in [0.25, 0.3) is 0 Å². The molecule has 0 aliphatic heterocycles. The SMILES string of the molecule is O=C1CC2CC1c1c(O)[nH]c(O)c12. The van der Waals surface area contributed by atoms with Crippen molar-refractivity contribution in [3.63, 3.8) is 0 Å². The van der Waals surface area contributed by atoms with Crippen molar-refractivity contribution in [3.05, 3.63) is 11.1 Å². The summed E-state index contributed by atoms with van der Waals surface area (Å²) in [6.45, 7) is 0. The van der Waals surface area contributed by atoms with Crippen LogP contribution in [0.2, 0.25) is 0 Å². The molecule has 2 bridgehead atoms. The summed E-state index contributed by atoms with van der Waals surface area (Å²) >= 11 is 0. The number of aromatic hydroxyl groups is 2. The third-order valence-corrected chi connectivity index (χ3v) is 3.15. The summed E-state index contributed by atoms with van der Waals surface area (Å²) in [5.74, 6) is 0.147. The van der Waals surface area contributed by atoms with Crippen molar-refractivity contribution in [2.24, 2.45) is 0 Å². The van der Waals surface area contributed by atoms with E-state index in [2.05, 4.69) is 4.98 Å². The number of ketones is 1. The maximum absolute atomic E-state index is 11.4. The van der Waals surface area contributed by atoms with Gasteiger partial charge in [-0.25, -0.2) is 0 Å². The molecule has 1 fully saturated rings. The predicted molar refractivity (Wildman–Crippen MR) is 43.8 cm³/mol. The van der Waals surface area contributed by atoms with Gasteiger partial charge in [0.2, 0.25) is 0 Å². The Morgan fingerprint density at radius 3 is 2.69 bits per heavy atom. The standard InChI is InChI=1S/C9H9NO3/c11-5-2-3-1-4(5)7-6(3)8(12)10-9(7)13/h3-4,10,12-13H,1-2H2. The van der Waals surface area contributed by atoms with Gasteiger partial charge in [0.05, 0.1) is 0 Å². The fraction of sp³-hybridized carbons (Fsp3) is 0.444. The zero-order valence-electron chi connectivity index (χ0n) is 6.87. The van der Waals surface area contributed by atoms with Gasteiger partial charge >= 0.3 is 0 Å². The van der Waals surface area contributed by atoms with E-state index in [1.165, 1.54) is 0 Å². The first-order valence-electron chi connectivity index (χ1n) is 4.35. The number of Topliss-reactive ketones (excluding diaryl/α,β-unsaturated/α-hetero) is 1. The van der Waals surface area contributed by atoms with Crippen LogP contribution in [0.3, 0.4) is 0 Å². The van der Waals surface area contributed by atoms with Crippen LogP contribution in [0.15, 0.2) is 0 Å². The van der Waals surface area contributed by atoms with E-state index in [1.807, 2.05) is 0 Å². The molecule has 3 rings (SSSR count). The molecule has 0 spiro atoms. The van der Waals surface area contributed by atoms with Gasteiger partial charge < -0.3 is 10.2 Å². The summed E-state index contributed by atoms with van der Waals surface area (Å²) in [4.78, 5) is 13.8. The first-order valence-corrected chi connectivity index (χ1v) is 4.35. The first kappa shape index (κ1) is 7.00. The highest BCUT2D eigenvalue weighted by atomic mass is 16.3. The number of H-pyrrole nitrogens is 1. The molecule has 1 aromatic heterocycles. The van der Waals surface area contributed by atoms with Crippen LogP contribution in [-0.2, 0) is 4.79 Å². The lowest BCUT2D eigenvalue weighted by Gasteiger charge is -2.08. The van der Waals surface area contributed by atoms with Crippen molar-refractivity contribution < 1.29 is 15.0 Å². The van der Waals surface area contributed by atoms with Crippen molar-refractivity contribution >= 4 is 5.78 Å². The summed E-state index contributed by atoms with van der Waals surface area (Å²) in [7, 11) is 0. The molecule has 3 N–H and O–H groups in total. The average Bonchev–Trinajstić information content (AvgIpc) is 2.64. The van der Waals surface area contributed by atoms with E-state index in [9.17, 15) is 15.0 Å². The Bertz CT molecular complexity index is 407. The molecule has 0 saturated heterocycles. The maximum Gasteiger partial charge on any atom is 0.195 e. The number of aromatic nitrogens is 1. The van der Waals surface area contributed by atoms with Crippen molar-refractivity contribution in [1.29, 1.82) is 0 Å². The molecule has 68 valence electrons. The van der Waals surface area contributed by atoms with Crippen molar-refractivity contribution in [3.8, 4) is 11.8 Å². The van der Waals surface area contributed by atoms with E-state index in [4.69, 9.17) is 0 Å². The van der Waals surface area contributed by atoms with Crippen molar-refractivity contribution in [1.82, 2.24) is 4.98 Å². The van der Waals surface area contributed by atoms with Gasteiger partial charge in [0.25, 0.3) is 0 Å². The van der Waals surface area contributed by atoms with Crippen molar-refractivity contribution in [2.75, 3.05) is 0 Å². The lowest BCUT2D eigenvalue weighted by Crippen LogP contribution is -2.07. The molecule has 1 heterocycles. The summed E-state index contributed by atoms with van der Waals surface area (Å²) < 4.78 is 0. The second-order valence-corrected chi connectivity index (χ2v) is 3.81. The Balaban J connectivity index is 2.28. The van der Waals surface area contributed by atoms with Gasteiger partial charge in [-0.2, -0.15) is 0 Å². The Morgan fingerprint density at radius 2 is 1.92 bits per heavy atom. The average molecular weight is 179 g/mol. The van der Waals surface area contributed by atoms with Crippen LogP contribution in [0.1, 0.15) is 35.8 Å². The highest BCUT2D eigenvalue weighted by Crippen LogP contribution is 2.56. The Labute approximate surface area is 74.2 Å². The summed E-state index contributed by atoms with van der Waals surface area (Å²) in [6.07, 6.45) is 1.28. The fourth-order valence-electron chi connectivity index (χ4n) is 2.65. The molecule has 0 amide bonds. The van der Waals surface area contributed by atoms with Crippen LogP contribution >= 0.6 is 0 Å². The van der Waals surface area contributed by atoms with Crippen molar-refractivity contribution in [2.45, 2.75) is 24.7 Å². The quantitative estimate of drug-likeness (QED) is 0.555.